The molecule has 2 saturated heterocycles. The lowest BCUT2D eigenvalue weighted by atomic mass is 9.90. The summed E-state index contributed by atoms with van der Waals surface area (Å²) in [4.78, 5) is 50.4. The van der Waals surface area contributed by atoms with Gasteiger partial charge in [-0.25, -0.2) is 9.37 Å². The first-order valence-corrected chi connectivity index (χ1v) is 11.9. The van der Waals surface area contributed by atoms with Crippen molar-refractivity contribution in [3.63, 3.8) is 0 Å². The average molecular weight is 484 g/mol. The van der Waals surface area contributed by atoms with Gasteiger partial charge in [0.05, 0.1) is 7.11 Å². The van der Waals surface area contributed by atoms with Gasteiger partial charge in [0.2, 0.25) is 0 Å². The van der Waals surface area contributed by atoms with Gasteiger partial charge in [0.25, 0.3) is 17.8 Å². The second-order valence-corrected chi connectivity index (χ2v) is 10.3. The third-order valence-corrected chi connectivity index (χ3v) is 6.94. The number of fused-ring (bicyclic) bond motifs is 1. The molecular weight excluding hydrogens is 448 g/mol. The number of benzene rings is 1. The minimum atomic E-state index is -0.760. The largest absolute Gasteiger partial charge is 0.497 e. The van der Waals surface area contributed by atoms with Crippen LogP contribution in [0.2, 0.25) is 0 Å². The third kappa shape index (κ3) is 4.80. The fraction of sp³-hybridized carbons (Fsp3) is 0.560. The van der Waals surface area contributed by atoms with Crippen LogP contribution in [0, 0.1) is 5.41 Å². The Morgan fingerprint density at radius 2 is 1.69 bits per heavy atom. The van der Waals surface area contributed by atoms with Crippen molar-refractivity contribution >= 4 is 35.1 Å². The van der Waals surface area contributed by atoms with Crippen LogP contribution in [-0.4, -0.2) is 115 Å². The summed E-state index contributed by atoms with van der Waals surface area (Å²) in [6, 6.07) is 6.87. The van der Waals surface area contributed by atoms with Gasteiger partial charge in [-0.15, -0.1) is 0 Å². The second kappa shape index (κ2) is 9.41. The van der Waals surface area contributed by atoms with Crippen molar-refractivity contribution in [3.8, 4) is 5.75 Å². The Labute approximate surface area is 206 Å². The Morgan fingerprint density at radius 3 is 2.26 bits per heavy atom. The number of ketones is 1. The van der Waals surface area contributed by atoms with Crippen molar-refractivity contribution in [2.45, 2.75) is 26.8 Å². The van der Waals surface area contributed by atoms with E-state index in [2.05, 4.69) is 21.9 Å². The van der Waals surface area contributed by atoms with Gasteiger partial charge in [-0.2, -0.15) is 0 Å². The number of anilines is 1. The maximum absolute atomic E-state index is 13.1. The number of amides is 3. The number of hydrogen-bond acceptors (Lipinski definition) is 7. The van der Waals surface area contributed by atoms with Crippen molar-refractivity contribution in [2.24, 2.45) is 10.4 Å². The summed E-state index contributed by atoms with van der Waals surface area (Å²) in [7, 11) is 4.75. The van der Waals surface area contributed by atoms with Gasteiger partial charge >= 0.3 is 11.9 Å². The fourth-order valence-corrected chi connectivity index (χ4v) is 4.51. The smallest absolute Gasteiger partial charge is 0.333 e. The first kappa shape index (κ1) is 24.8. The molecule has 0 spiro atoms. The van der Waals surface area contributed by atoms with Gasteiger partial charge in [0, 0.05) is 51.4 Å². The van der Waals surface area contributed by atoms with Crippen LogP contribution in [0.5, 0.6) is 5.75 Å². The standard InChI is InChI=1S/C25H35N6O4/c1-25(2,3)19(32)15-31-20(26-22-21(31)23(33)28(5)24(34)27(22)4)16-29-11-13-30(14-12-29)17-7-9-18(35-6)10-8-17/h7-10,21H,11-16H2,1-6H3/q+1. The van der Waals surface area contributed by atoms with E-state index in [4.69, 9.17) is 9.73 Å². The Bertz CT molecular complexity index is 1080. The summed E-state index contributed by atoms with van der Waals surface area (Å²) in [5.74, 6) is 1.55. The zero-order valence-electron chi connectivity index (χ0n) is 21.4. The zero-order chi connectivity index (χ0) is 25.5. The second-order valence-electron chi connectivity index (χ2n) is 10.3. The van der Waals surface area contributed by atoms with Crippen molar-refractivity contribution < 1.29 is 23.7 Å². The van der Waals surface area contributed by atoms with Crippen molar-refractivity contribution in [1.82, 2.24) is 14.7 Å². The number of aliphatic imine (C=N–C) groups is 1. The van der Waals surface area contributed by atoms with Gasteiger partial charge in [0.15, 0.2) is 5.78 Å². The molecule has 0 N–H and O–H groups in total. The van der Waals surface area contributed by atoms with Gasteiger partial charge in [0.1, 0.15) is 18.8 Å². The highest BCUT2D eigenvalue weighted by Gasteiger charge is 2.53. The first-order valence-electron chi connectivity index (χ1n) is 11.9. The number of carbonyl (C=O) groups is 3. The summed E-state index contributed by atoms with van der Waals surface area (Å²) < 4.78 is 7.05. The van der Waals surface area contributed by atoms with E-state index in [9.17, 15) is 14.4 Å². The quantitative estimate of drug-likeness (QED) is 0.564. The molecule has 3 heterocycles. The van der Waals surface area contributed by atoms with Crippen LogP contribution >= 0.6 is 0 Å². The summed E-state index contributed by atoms with van der Waals surface area (Å²) in [6.45, 7) is 9.52. The van der Waals surface area contributed by atoms with Gasteiger partial charge in [-0.1, -0.05) is 20.8 Å². The Kier molecular flexibility index (Phi) is 6.68. The summed E-state index contributed by atoms with van der Waals surface area (Å²) in [5.41, 5.74) is 0.597. The molecule has 188 valence electrons. The summed E-state index contributed by atoms with van der Waals surface area (Å²) in [6.07, 6.45) is 0. The number of rotatable bonds is 6. The van der Waals surface area contributed by atoms with E-state index < -0.39 is 17.5 Å². The molecule has 1 aromatic carbocycles. The van der Waals surface area contributed by atoms with Crippen LogP contribution < -0.4 is 9.64 Å². The molecule has 10 nitrogen and oxygen atoms in total. The van der Waals surface area contributed by atoms with E-state index in [0.717, 1.165) is 42.5 Å². The number of nitrogens with zero attached hydrogens (tertiary/aromatic N) is 6. The molecule has 35 heavy (non-hydrogen) atoms. The highest BCUT2D eigenvalue weighted by Crippen LogP contribution is 2.23. The summed E-state index contributed by atoms with van der Waals surface area (Å²) >= 11 is 0. The van der Waals surface area contributed by atoms with Gasteiger partial charge < -0.3 is 9.64 Å². The third-order valence-electron chi connectivity index (χ3n) is 6.94. The van der Waals surface area contributed by atoms with Crippen LogP contribution in [0.1, 0.15) is 20.8 Å². The number of likely N-dealkylation sites (N-methyl/N-ethyl adjacent to an activating group) is 2. The number of Topliss-reactive ketones (excluding diaryl/α,β-unsaturated/α-hetero) is 1. The predicted molar refractivity (Wildman–Crippen MR) is 133 cm³/mol. The van der Waals surface area contributed by atoms with Crippen LogP contribution in [0.15, 0.2) is 29.3 Å². The molecule has 0 saturated carbocycles. The molecule has 3 aliphatic heterocycles. The molecule has 10 heteroatoms. The van der Waals surface area contributed by atoms with Crippen LogP contribution in [-0.2, 0) is 9.59 Å². The number of methoxy groups -OCH3 is 1. The Morgan fingerprint density at radius 1 is 1.06 bits per heavy atom. The molecule has 0 bridgehead atoms. The molecule has 3 aliphatic rings. The average Bonchev–Trinajstić information content (AvgIpc) is 3.19. The molecule has 2 fully saturated rings. The maximum Gasteiger partial charge on any atom is 0.333 e. The monoisotopic (exact) mass is 483 g/mol. The number of urea groups is 1. The number of hydrogen-bond donors (Lipinski definition) is 0. The Balaban J connectivity index is 1.53. The topological polar surface area (TPSA) is 88.8 Å². The highest BCUT2D eigenvalue weighted by molar-refractivity contribution is 6.23. The predicted octanol–water partition coefficient (Wildman–Crippen LogP) is 1.15. The maximum atomic E-state index is 13.1. The number of carbonyl (C=O) groups excluding carboxylic acids is 3. The van der Waals surface area contributed by atoms with Crippen LogP contribution in [0.25, 0.3) is 0 Å². The highest BCUT2D eigenvalue weighted by atomic mass is 16.5. The van der Waals surface area contributed by atoms with Crippen LogP contribution in [0.4, 0.5) is 10.5 Å². The van der Waals surface area contributed by atoms with E-state index in [1.165, 1.54) is 11.9 Å². The molecule has 4 rings (SSSR count). The van der Waals surface area contributed by atoms with Crippen molar-refractivity contribution in [3.05, 3.63) is 24.3 Å². The molecule has 0 aromatic heterocycles. The van der Waals surface area contributed by atoms with E-state index in [1.807, 2.05) is 32.9 Å². The molecule has 1 unspecified atom stereocenters. The van der Waals surface area contributed by atoms with E-state index in [1.54, 1.807) is 18.7 Å². The number of piperazine rings is 1. The molecule has 3 amide bonds. The minimum absolute atomic E-state index is 0.0192. The normalized spacial score (nSPS) is 21.5. The zero-order valence-corrected chi connectivity index (χ0v) is 21.4. The van der Waals surface area contributed by atoms with Gasteiger partial charge in [-0.3, -0.25) is 24.3 Å². The molecule has 0 aliphatic carbocycles. The minimum Gasteiger partial charge on any atom is -0.497 e. The molecular formula is C25H35N6O4+. The molecule has 1 aromatic rings. The Hall–Kier alpha value is -3.27. The van der Waals surface area contributed by atoms with Crippen molar-refractivity contribution in [2.75, 3.05) is 65.4 Å². The van der Waals surface area contributed by atoms with Crippen LogP contribution in [0.3, 0.4) is 0 Å². The number of amidine groups is 2. The lowest BCUT2D eigenvalue weighted by molar-refractivity contribution is -0.525. The molecule has 1 atom stereocenters. The van der Waals surface area contributed by atoms with Crippen molar-refractivity contribution in [1.29, 1.82) is 0 Å². The molecule has 0 radical (unpaired) electrons. The number of imide groups is 1. The lowest BCUT2D eigenvalue weighted by Gasteiger charge is -2.35. The van der Waals surface area contributed by atoms with Gasteiger partial charge in [-0.05, 0) is 29.3 Å². The first-order chi connectivity index (χ1) is 16.5. The lowest BCUT2D eigenvalue weighted by Crippen LogP contribution is -2.62. The van der Waals surface area contributed by atoms with E-state index in [-0.39, 0.29) is 18.2 Å². The number of ether oxygens (including phenoxy) is 1. The SMILES string of the molecule is COc1ccc(N2CCN(CC3=[N+](CC(=O)C(C)(C)C)C4C(=O)N(C)C(=O)N(C)C4=N3)CC2)cc1. The van der Waals surface area contributed by atoms with E-state index >= 15 is 0 Å². The van der Waals surface area contributed by atoms with E-state index in [0.29, 0.717) is 18.2 Å². The summed E-state index contributed by atoms with van der Waals surface area (Å²) in [5, 5.41) is 0. The fourth-order valence-electron chi connectivity index (χ4n) is 4.51.